The van der Waals surface area contributed by atoms with E-state index in [-0.39, 0.29) is 22.4 Å². The van der Waals surface area contributed by atoms with Crippen LogP contribution in [0.2, 0.25) is 10.3 Å². The predicted octanol–water partition coefficient (Wildman–Crippen LogP) is 2.26. The molecule has 1 amide bonds. The molecule has 0 spiro atoms. The number of nitrogens with one attached hydrogen (secondary N) is 1. The largest absolute Gasteiger partial charge is 0.444 e. The molecule has 0 bridgehead atoms. The van der Waals surface area contributed by atoms with Gasteiger partial charge in [-0.05, 0) is 6.07 Å². The maximum atomic E-state index is 11.9. The van der Waals surface area contributed by atoms with Gasteiger partial charge in [0.1, 0.15) is 5.76 Å². The average molecular weight is 301 g/mol. The summed E-state index contributed by atoms with van der Waals surface area (Å²) in [5.74, 6) is 0.767. The zero-order valence-corrected chi connectivity index (χ0v) is 11.5. The van der Waals surface area contributed by atoms with Gasteiger partial charge in [0, 0.05) is 6.42 Å². The fourth-order valence-corrected chi connectivity index (χ4v) is 1.68. The average Bonchev–Trinajstić information content (AvgIpc) is 2.87. The SMILES string of the molecule is CCc1cnc(CNC(=O)c2cc(Cl)nnc2Cl)o1. The smallest absolute Gasteiger partial charge is 0.255 e. The number of carbonyl (C=O) groups excluding carboxylic acids is 1. The lowest BCUT2D eigenvalue weighted by molar-refractivity contribution is 0.0946. The van der Waals surface area contributed by atoms with Crippen LogP contribution < -0.4 is 5.32 Å². The molecule has 19 heavy (non-hydrogen) atoms. The van der Waals surface area contributed by atoms with Crippen molar-refractivity contribution in [3.8, 4) is 0 Å². The Balaban J connectivity index is 2.03. The van der Waals surface area contributed by atoms with Gasteiger partial charge < -0.3 is 9.73 Å². The Morgan fingerprint density at radius 3 is 2.89 bits per heavy atom. The van der Waals surface area contributed by atoms with Gasteiger partial charge in [0.05, 0.1) is 18.3 Å². The molecule has 2 aromatic heterocycles. The molecule has 0 radical (unpaired) electrons. The van der Waals surface area contributed by atoms with Gasteiger partial charge in [-0.25, -0.2) is 4.98 Å². The summed E-state index contributed by atoms with van der Waals surface area (Å²) in [6.07, 6.45) is 2.37. The van der Waals surface area contributed by atoms with Crippen molar-refractivity contribution in [3.63, 3.8) is 0 Å². The zero-order chi connectivity index (χ0) is 13.8. The standard InChI is InChI=1S/C11H10Cl2N4O2/c1-2-6-4-14-9(19-6)5-15-11(18)7-3-8(12)16-17-10(7)13/h3-4H,2,5H2,1H3,(H,15,18). The molecular formula is C11H10Cl2N4O2. The van der Waals surface area contributed by atoms with Crippen LogP contribution in [0.25, 0.3) is 0 Å². The number of hydrogen-bond acceptors (Lipinski definition) is 5. The number of halogens is 2. The van der Waals surface area contributed by atoms with E-state index in [1.165, 1.54) is 6.07 Å². The van der Waals surface area contributed by atoms with E-state index in [0.717, 1.165) is 12.2 Å². The van der Waals surface area contributed by atoms with Gasteiger partial charge in [0.25, 0.3) is 5.91 Å². The minimum Gasteiger partial charge on any atom is -0.444 e. The highest BCUT2D eigenvalue weighted by molar-refractivity contribution is 6.34. The van der Waals surface area contributed by atoms with E-state index >= 15 is 0 Å². The van der Waals surface area contributed by atoms with Crippen molar-refractivity contribution < 1.29 is 9.21 Å². The molecule has 8 heteroatoms. The van der Waals surface area contributed by atoms with Crippen LogP contribution in [0.15, 0.2) is 16.7 Å². The highest BCUT2D eigenvalue weighted by Gasteiger charge is 2.14. The molecule has 0 unspecified atom stereocenters. The van der Waals surface area contributed by atoms with Crippen molar-refractivity contribution in [3.05, 3.63) is 39.8 Å². The van der Waals surface area contributed by atoms with E-state index in [2.05, 4.69) is 20.5 Å². The van der Waals surface area contributed by atoms with Gasteiger partial charge >= 0.3 is 0 Å². The summed E-state index contributed by atoms with van der Waals surface area (Å²) in [4.78, 5) is 15.9. The molecule has 0 aliphatic carbocycles. The Bertz CT molecular complexity index is 600. The van der Waals surface area contributed by atoms with Crippen molar-refractivity contribution in [1.82, 2.24) is 20.5 Å². The third-order valence-corrected chi connectivity index (χ3v) is 2.78. The zero-order valence-electron chi connectivity index (χ0n) is 9.98. The fraction of sp³-hybridized carbons (Fsp3) is 0.273. The van der Waals surface area contributed by atoms with Gasteiger partial charge in [0.2, 0.25) is 5.89 Å². The van der Waals surface area contributed by atoms with E-state index < -0.39 is 5.91 Å². The third-order valence-electron chi connectivity index (χ3n) is 2.31. The van der Waals surface area contributed by atoms with Gasteiger partial charge in [-0.1, -0.05) is 30.1 Å². The van der Waals surface area contributed by atoms with Crippen molar-refractivity contribution in [2.24, 2.45) is 0 Å². The molecule has 6 nitrogen and oxygen atoms in total. The number of nitrogens with zero attached hydrogens (tertiary/aromatic N) is 3. The molecule has 2 aromatic rings. The Hall–Kier alpha value is -1.66. The first-order valence-electron chi connectivity index (χ1n) is 5.50. The summed E-state index contributed by atoms with van der Waals surface area (Å²) < 4.78 is 5.36. The minimum atomic E-state index is -0.418. The van der Waals surface area contributed by atoms with Crippen LogP contribution in [-0.2, 0) is 13.0 Å². The first-order chi connectivity index (χ1) is 9.10. The summed E-state index contributed by atoms with van der Waals surface area (Å²) in [6, 6.07) is 1.35. The van der Waals surface area contributed by atoms with Crippen LogP contribution in [0.1, 0.15) is 28.9 Å². The van der Waals surface area contributed by atoms with Gasteiger partial charge in [-0.3, -0.25) is 4.79 Å². The molecule has 0 atom stereocenters. The lowest BCUT2D eigenvalue weighted by atomic mass is 10.3. The summed E-state index contributed by atoms with van der Waals surface area (Å²) in [5.41, 5.74) is 0.156. The number of aryl methyl sites for hydroxylation is 1. The van der Waals surface area contributed by atoms with E-state index in [9.17, 15) is 4.79 Å². The lowest BCUT2D eigenvalue weighted by Crippen LogP contribution is -2.23. The summed E-state index contributed by atoms with van der Waals surface area (Å²) in [5, 5.41) is 9.78. The van der Waals surface area contributed by atoms with Crippen LogP contribution >= 0.6 is 23.2 Å². The number of oxazole rings is 1. The van der Waals surface area contributed by atoms with Crippen LogP contribution in [-0.4, -0.2) is 21.1 Å². The van der Waals surface area contributed by atoms with Gasteiger partial charge in [0.15, 0.2) is 10.3 Å². The fourth-order valence-electron chi connectivity index (χ4n) is 1.36. The number of amides is 1. The van der Waals surface area contributed by atoms with Crippen LogP contribution in [0.5, 0.6) is 0 Å². The summed E-state index contributed by atoms with van der Waals surface area (Å²) in [7, 11) is 0. The quantitative estimate of drug-likeness (QED) is 0.936. The van der Waals surface area contributed by atoms with E-state index in [1.807, 2.05) is 6.92 Å². The second-order valence-electron chi connectivity index (χ2n) is 3.63. The van der Waals surface area contributed by atoms with Crippen LogP contribution in [0.4, 0.5) is 0 Å². The Kier molecular flexibility index (Phi) is 4.34. The molecule has 0 aliphatic heterocycles. The monoisotopic (exact) mass is 300 g/mol. The molecule has 0 aromatic carbocycles. The number of aromatic nitrogens is 3. The second kappa shape index (κ2) is 5.99. The molecule has 0 saturated heterocycles. The molecule has 1 N–H and O–H groups in total. The lowest BCUT2D eigenvalue weighted by Gasteiger charge is -2.03. The Labute approximate surface area is 119 Å². The van der Waals surface area contributed by atoms with Crippen molar-refractivity contribution in [1.29, 1.82) is 0 Å². The maximum absolute atomic E-state index is 11.9. The van der Waals surface area contributed by atoms with E-state index in [1.54, 1.807) is 6.20 Å². The van der Waals surface area contributed by atoms with Gasteiger partial charge in [-0.15, -0.1) is 10.2 Å². The maximum Gasteiger partial charge on any atom is 0.255 e. The molecule has 0 saturated carbocycles. The highest BCUT2D eigenvalue weighted by Crippen LogP contribution is 2.15. The Morgan fingerprint density at radius 1 is 1.42 bits per heavy atom. The predicted molar refractivity (Wildman–Crippen MR) is 69.1 cm³/mol. The molecule has 0 aliphatic rings. The van der Waals surface area contributed by atoms with Crippen molar-refractivity contribution >= 4 is 29.1 Å². The van der Waals surface area contributed by atoms with E-state index in [0.29, 0.717) is 5.89 Å². The number of hydrogen-bond donors (Lipinski definition) is 1. The molecular weight excluding hydrogens is 291 g/mol. The Morgan fingerprint density at radius 2 is 2.21 bits per heavy atom. The molecule has 100 valence electrons. The van der Waals surface area contributed by atoms with E-state index in [4.69, 9.17) is 27.6 Å². The summed E-state index contributed by atoms with van der Waals surface area (Å²) >= 11 is 11.4. The molecule has 0 fully saturated rings. The normalized spacial score (nSPS) is 10.5. The first-order valence-corrected chi connectivity index (χ1v) is 6.26. The topological polar surface area (TPSA) is 80.9 Å². The summed E-state index contributed by atoms with van der Waals surface area (Å²) in [6.45, 7) is 2.11. The van der Waals surface area contributed by atoms with Crippen LogP contribution in [0, 0.1) is 0 Å². The van der Waals surface area contributed by atoms with Crippen molar-refractivity contribution in [2.45, 2.75) is 19.9 Å². The molecule has 2 rings (SSSR count). The van der Waals surface area contributed by atoms with Gasteiger partial charge in [-0.2, -0.15) is 0 Å². The second-order valence-corrected chi connectivity index (χ2v) is 4.37. The van der Waals surface area contributed by atoms with Crippen LogP contribution in [0.3, 0.4) is 0 Å². The minimum absolute atomic E-state index is 0.0106. The highest BCUT2D eigenvalue weighted by atomic mass is 35.5. The molecule has 2 heterocycles. The number of carbonyl (C=O) groups is 1. The third kappa shape index (κ3) is 3.42. The first kappa shape index (κ1) is 13.8. The van der Waals surface area contributed by atoms with Crippen molar-refractivity contribution in [2.75, 3.05) is 0 Å². The number of rotatable bonds is 4.